The first-order chi connectivity index (χ1) is 8.74. The molecule has 0 heterocycles. The fourth-order valence-corrected chi connectivity index (χ4v) is 1.20. The number of ether oxygens (including phenoxy) is 1. The van der Waals surface area contributed by atoms with Gasteiger partial charge < -0.3 is 15.6 Å². The number of carboxylic acid groups (broad SMARTS) is 1. The second-order valence-corrected chi connectivity index (χ2v) is 4.19. The fourth-order valence-electron chi connectivity index (χ4n) is 1.20. The maximum Gasteiger partial charge on any atom is 0.323 e. The Morgan fingerprint density at radius 2 is 2.26 bits per heavy atom. The molecule has 7 nitrogen and oxygen atoms in total. The van der Waals surface area contributed by atoms with Crippen molar-refractivity contribution in [1.82, 2.24) is 0 Å². The first kappa shape index (κ1) is 14.8. The number of nitro benzene ring substituents is 1. The van der Waals surface area contributed by atoms with Crippen molar-refractivity contribution in [3.05, 3.63) is 34.1 Å². The van der Waals surface area contributed by atoms with Crippen molar-refractivity contribution in [2.75, 3.05) is 6.61 Å². The molecule has 0 aliphatic heterocycles. The summed E-state index contributed by atoms with van der Waals surface area (Å²) in [5, 5.41) is 19.2. The maximum absolute atomic E-state index is 13.4. The number of benzene rings is 1. The summed E-state index contributed by atoms with van der Waals surface area (Å²) in [6.45, 7) is 1.19. The van der Waals surface area contributed by atoms with E-state index in [4.69, 9.17) is 15.6 Å². The van der Waals surface area contributed by atoms with Gasteiger partial charge in [-0.2, -0.15) is 0 Å². The summed E-state index contributed by atoms with van der Waals surface area (Å²) >= 11 is 0. The van der Waals surface area contributed by atoms with Gasteiger partial charge in [-0.1, -0.05) is 0 Å². The number of carbonyl (C=O) groups is 1. The van der Waals surface area contributed by atoms with Crippen molar-refractivity contribution in [2.24, 2.45) is 5.73 Å². The quantitative estimate of drug-likeness (QED) is 0.595. The van der Waals surface area contributed by atoms with E-state index in [2.05, 4.69) is 0 Å². The van der Waals surface area contributed by atoms with E-state index in [9.17, 15) is 19.3 Å². The number of nitrogens with two attached hydrogens (primary N) is 1. The first-order valence-electron chi connectivity index (χ1n) is 5.33. The van der Waals surface area contributed by atoms with Crippen LogP contribution in [0.2, 0.25) is 0 Å². The van der Waals surface area contributed by atoms with Gasteiger partial charge in [0.05, 0.1) is 17.6 Å². The molecule has 0 fully saturated rings. The SMILES string of the molecule is CC(N)(CCOc1ccc([N+](=O)[O-])cc1F)C(=O)O. The topological polar surface area (TPSA) is 116 Å². The van der Waals surface area contributed by atoms with Gasteiger partial charge in [-0.3, -0.25) is 14.9 Å². The van der Waals surface area contributed by atoms with E-state index in [0.717, 1.165) is 18.2 Å². The molecule has 0 aliphatic carbocycles. The van der Waals surface area contributed by atoms with Gasteiger partial charge in [-0.05, 0) is 13.0 Å². The van der Waals surface area contributed by atoms with E-state index in [1.807, 2.05) is 0 Å². The largest absolute Gasteiger partial charge is 0.490 e. The predicted molar refractivity (Wildman–Crippen MR) is 63.4 cm³/mol. The summed E-state index contributed by atoms with van der Waals surface area (Å²) in [4.78, 5) is 20.4. The molecule has 1 unspecified atom stereocenters. The van der Waals surface area contributed by atoms with Crippen LogP contribution in [0.15, 0.2) is 18.2 Å². The molecular weight excluding hydrogens is 259 g/mol. The molecular formula is C11H13FN2O5. The van der Waals surface area contributed by atoms with Crippen LogP contribution in [0.25, 0.3) is 0 Å². The van der Waals surface area contributed by atoms with Crippen molar-refractivity contribution < 1.29 is 24.0 Å². The van der Waals surface area contributed by atoms with Gasteiger partial charge in [0.2, 0.25) is 0 Å². The van der Waals surface area contributed by atoms with E-state index in [0.29, 0.717) is 0 Å². The number of hydrogen-bond acceptors (Lipinski definition) is 5. The summed E-state index contributed by atoms with van der Waals surface area (Å²) in [7, 11) is 0. The van der Waals surface area contributed by atoms with Crippen molar-refractivity contribution >= 4 is 11.7 Å². The number of nitro groups is 1. The minimum atomic E-state index is -1.47. The van der Waals surface area contributed by atoms with Crippen molar-refractivity contribution in [3.8, 4) is 5.75 Å². The second-order valence-electron chi connectivity index (χ2n) is 4.19. The molecule has 0 saturated heterocycles. The zero-order chi connectivity index (χ0) is 14.6. The molecule has 104 valence electrons. The molecule has 0 aliphatic rings. The van der Waals surface area contributed by atoms with E-state index in [1.165, 1.54) is 6.92 Å². The minimum absolute atomic E-state index is 0.0290. The number of hydrogen-bond donors (Lipinski definition) is 2. The number of aliphatic carboxylic acids is 1. The third-order valence-electron chi connectivity index (χ3n) is 2.49. The minimum Gasteiger partial charge on any atom is -0.490 e. The van der Waals surface area contributed by atoms with Crippen LogP contribution in [0.1, 0.15) is 13.3 Å². The zero-order valence-corrected chi connectivity index (χ0v) is 10.1. The van der Waals surface area contributed by atoms with Crippen LogP contribution in [0, 0.1) is 15.9 Å². The second kappa shape index (κ2) is 5.61. The van der Waals surface area contributed by atoms with Gasteiger partial charge in [0.15, 0.2) is 11.6 Å². The molecule has 3 N–H and O–H groups in total. The van der Waals surface area contributed by atoms with Crippen LogP contribution in [0.5, 0.6) is 5.75 Å². The van der Waals surface area contributed by atoms with Crippen LogP contribution >= 0.6 is 0 Å². The highest BCUT2D eigenvalue weighted by molar-refractivity contribution is 5.77. The fraction of sp³-hybridized carbons (Fsp3) is 0.364. The van der Waals surface area contributed by atoms with Gasteiger partial charge in [0, 0.05) is 12.5 Å². The predicted octanol–water partition coefficient (Wildman–Crippen LogP) is 1.30. The Morgan fingerprint density at radius 1 is 1.63 bits per heavy atom. The van der Waals surface area contributed by atoms with Gasteiger partial charge in [-0.15, -0.1) is 0 Å². The van der Waals surface area contributed by atoms with Gasteiger partial charge in [-0.25, -0.2) is 4.39 Å². The molecule has 8 heteroatoms. The molecule has 0 amide bonds. The molecule has 0 saturated carbocycles. The Hall–Kier alpha value is -2.22. The Labute approximate surface area is 107 Å². The van der Waals surface area contributed by atoms with Crippen LogP contribution in [-0.4, -0.2) is 28.1 Å². The van der Waals surface area contributed by atoms with Crippen LogP contribution in [-0.2, 0) is 4.79 Å². The molecule has 19 heavy (non-hydrogen) atoms. The lowest BCUT2D eigenvalue weighted by Crippen LogP contribution is -2.45. The average Bonchev–Trinajstić information content (AvgIpc) is 2.30. The van der Waals surface area contributed by atoms with Gasteiger partial charge >= 0.3 is 5.97 Å². The molecule has 0 radical (unpaired) electrons. The number of carboxylic acids is 1. The molecule has 1 aromatic rings. The van der Waals surface area contributed by atoms with Gasteiger partial charge in [0.1, 0.15) is 5.54 Å². The zero-order valence-electron chi connectivity index (χ0n) is 10.1. The summed E-state index contributed by atoms with van der Waals surface area (Å²) in [6, 6.07) is 2.94. The van der Waals surface area contributed by atoms with Crippen LogP contribution in [0.4, 0.5) is 10.1 Å². The Bertz CT molecular complexity index is 504. The number of halogens is 1. The number of nitrogens with zero attached hydrogens (tertiary/aromatic N) is 1. The normalized spacial score (nSPS) is 13.6. The van der Waals surface area contributed by atoms with Crippen LogP contribution < -0.4 is 10.5 Å². The highest BCUT2D eigenvalue weighted by Crippen LogP contribution is 2.22. The van der Waals surface area contributed by atoms with Gasteiger partial charge in [0.25, 0.3) is 5.69 Å². The smallest absolute Gasteiger partial charge is 0.323 e. The van der Waals surface area contributed by atoms with E-state index >= 15 is 0 Å². The van der Waals surface area contributed by atoms with Crippen molar-refractivity contribution in [2.45, 2.75) is 18.9 Å². The third kappa shape index (κ3) is 3.88. The highest BCUT2D eigenvalue weighted by Gasteiger charge is 2.27. The summed E-state index contributed by atoms with van der Waals surface area (Å²) in [5.41, 5.74) is 3.60. The molecule has 0 aromatic heterocycles. The standard InChI is InChI=1S/C11H13FN2O5/c1-11(13,10(15)16)4-5-19-9-3-2-7(14(17)18)6-8(9)12/h2-3,6H,4-5,13H2,1H3,(H,15,16). The monoisotopic (exact) mass is 272 g/mol. The number of rotatable bonds is 6. The Kier molecular flexibility index (Phi) is 4.38. The third-order valence-corrected chi connectivity index (χ3v) is 2.49. The number of non-ortho nitro benzene ring substituents is 1. The van der Waals surface area contributed by atoms with E-state index in [1.54, 1.807) is 0 Å². The molecule has 0 spiro atoms. The average molecular weight is 272 g/mol. The molecule has 1 aromatic carbocycles. The lowest BCUT2D eigenvalue weighted by atomic mass is 10.0. The lowest BCUT2D eigenvalue weighted by Gasteiger charge is -2.19. The van der Waals surface area contributed by atoms with Crippen molar-refractivity contribution in [1.29, 1.82) is 0 Å². The highest BCUT2D eigenvalue weighted by atomic mass is 19.1. The Morgan fingerprint density at radius 3 is 2.74 bits per heavy atom. The van der Waals surface area contributed by atoms with E-state index < -0.39 is 22.2 Å². The van der Waals surface area contributed by atoms with Crippen LogP contribution in [0.3, 0.4) is 0 Å². The Balaban J connectivity index is 2.64. The lowest BCUT2D eigenvalue weighted by molar-refractivity contribution is -0.385. The van der Waals surface area contributed by atoms with E-state index in [-0.39, 0.29) is 24.5 Å². The summed E-state index contributed by atoms with van der Waals surface area (Å²) < 4.78 is 18.4. The molecule has 0 bridgehead atoms. The molecule has 1 rings (SSSR count). The first-order valence-corrected chi connectivity index (χ1v) is 5.33. The molecule has 1 atom stereocenters. The maximum atomic E-state index is 13.4. The summed E-state index contributed by atoms with van der Waals surface area (Å²) in [6.07, 6.45) is -0.0290. The summed E-state index contributed by atoms with van der Waals surface area (Å²) in [5.74, 6) is -2.27. The van der Waals surface area contributed by atoms with Crippen molar-refractivity contribution in [3.63, 3.8) is 0 Å².